The molecule has 0 saturated carbocycles. The van der Waals surface area contributed by atoms with Crippen LogP contribution in [0.5, 0.6) is 0 Å². The van der Waals surface area contributed by atoms with Crippen molar-refractivity contribution in [3.63, 3.8) is 0 Å². The van der Waals surface area contributed by atoms with E-state index in [0.29, 0.717) is 0 Å². The van der Waals surface area contributed by atoms with Gasteiger partial charge in [-0.3, -0.25) is 0 Å². The fourth-order valence-corrected chi connectivity index (χ4v) is 1.87. The maximum absolute atomic E-state index is 12.7. The van der Waals surface area contributed by atoms with E-state index in [9.17, 15) is 18.0 Å². The Kier molecular flexibility index (Phi) is 3.40. The monoisotopic (exact) mass is 281 g/mol. The number of benzene rings is 2. The number of carboxylic acids is 1. The fourth-order valence-electron chi connectivity index (χ4n) is 1.87. The Hall–Kier alpha value is -2.50. The molecule has 3 N–H and O–H groups in total. The third-order valence-corrected chi connectivity index (χ3v) is 2.83. The summed E-state index contributed by atoms with van der Waals surface area (Å²) >= 11 is 0. The number of aromatic carboxylic acids is 1. The van der Waals surface area contributed by atoms with Crippen molar-refractivity contribution in [1.82, 2.24) is 0 Å². The average molecular weight is 281 g/mol. The highest BCUT2D eigenvalue weighted by molar-refractivity contribution is 5.98. The second-order valence-electron chi connectivity index (χ2n) is 4.15. The third-order valence-electron chi connectivity index (χ3n) is 2.83. The van der Waals surface area contributed by atoms with Gasteiger partial charge < -0.3 is 10.8 Å². The highest BCUT2D eigenvalue weighted by Gasteiger charge is 2.31. The summed E-state index contributed by atoms with van der Waals surface area (Å²) in [6.45, 7) is 0. The molecule has 0 bridgehead atoms. The van der Waals surface area contributed by atoms with Crippen LogP contribution in [0.3, 0.4) is 0 Å². The van der Waals surface area contributed by atoms with E-state index < -0.39 is 17.7 Å². The van der Waals surface area contributed by atoms with E-state index in [4.69, 9.17) is 10.8 Å². The van der Waals surface area contributed by atoms with Gasteiger partial charge in [-0.25, -0.2) is 4.79 Å². The van der Waals surface area contributed by atoms with E-state index in [2.05, 4.69) is 0 Å². The van der Waals surface area contributed by atoms with Gasteiger partial charge in [0, 0.05) is 11.3 Å². The minimum absolute atomic E-state index is 0.0535. The molecule has 0 heterocycles. The van der Waals surface area contributed by atoms with Crippen LogP contribution in [0.25, 0.3) is 11.1 Å². The van der Waals surface area contributed by atoms with Gasteiger partial charge in [0.25, 0.3) is 0 Å². The van der Waals surface area contributed by atoms with Crippen molar-refractivity contribution in [2.45, 2.75) is 6.18 Å². The first-order chi connectivity index (χ1) is 9.30. The van der Waals surface area contributed by atoms with Gasteiger partial charge in [-0.05, 0) is 29.8 Å². The molecule has 0 spiro atoms. The largest absolute Gasteiger partial charge is 0.478 e. The molecule has 0 aliphatic carbocycles. The number of nitrogen functional groups attached to an aromatic ring is 1. The van der Waals surface area contributed by atoms with Gasteiger partial charge in [-0.2, -0.15) is 13.2 Å². The van der Waals surface area contributed by atoms with Crippen molar-refractivity contribution in [2.75, 3.05) is 5.73 Å². The fraction of sp³-hybridized carbons (Fsp3) is 0.0714. The second-order valence-corrected chi connectivity index (χ2v) is 4.15. The Morgan fingerprint density at radius 3 is 2.30 bits per heavy atom. The van der Waals surface area contributed by atoms with Crippen LogP contribution in [0.15, 0.2) is 42.5 Å². The first-order valence-electron chi connectivity index (χ1n) is 5.60. The van der Waals surface area contributed by atoms with Crippen molar-refractivity contribution in [1.29, 1.82) is 0 Å². The van der Waals surface area contributed by atoms with Crippen LogP contribution in [-0.2, 0) is 6.18 Å². The molecular formula is C14H10F3NO2. The molecule has 0 aliphatic rings. The van der Waals surface area contributed by atoms with Gasteiger partial charge >= 0.3 is 12.1 Å². The van der Waals surface area contributed by atoms with Gasteiger partial charge in [0.05, 0.1) is 11.1 Å². The summed E-state index contributed by atoms with van der Waals surface area (Å²) in [5.74, 6) is -1.22. The molecule has 0 radical (unpaired) electrons. The maximum atomic E-state index is 12.7. The molecular weight excluding hydrogens is 271 g/mol. The minimum Gasteiger partial charge on any atom is -0.478 e. The molecule has 0 amide bonds. The quantitative estimate of drug-likeness (QED) is 0.826. The van der Waals surface area contributed by atoms with Crippen LogP contribution >= 0.6 is 0 Å². The van der Waals surface area contributed by atoms with E-state index in [1.54, 1.807) is 6.07 Å². The van der Waals surface area contributed by atoms with Gasteiger partial charge in [-0.15, -0.1) is 0 Å². The summed E-state index contributed by atoms with van der Waals surface area (Å²) in [4.78, 5) is 11.1. The molecule has 0 saturated heterocycles. The SMILES string of the molecule is Nc1ccc(C(F)(F)F)cc1-c1ccccc1C(=O)O. The maximum Gasteiger partial charge on any atom is 0.416 e. The molecule has 0 aromatic heterocycles. The predicted molar refractivity (Wildman–Crippen MR) is 68.3 cm³/mol. The van der Waals surface area contributed by atoms with Crippen molar-refractivity contribution >= 4 is 11.7 Å². The van der Waals surface area contributed by atoms with Crippen molar-refractivity contribution in [3.8, 4) is 11.1 Å². The van der Waals surface area contributed by atoms with E-state index in [1.807, 2.05) is 0 Å². The Morgan fingerprint density at radius 2 is 1.70 bits per heavy atom. The van der Waals surface area contributed by atoms with E-state index in [1.165, 1.54) is 18.2 Å². The molecule has 2 rings (SSSR count). The lowest BCUT2D eigenvalue weighted by Crippen LogP contribution is -2.07. The summed E-state index contributed by atoms with van der Waals surface area (Å²) in [6, 6.07) is 8.63. The Labute approximate surface area is 112 Å². The van der Waals surface area contributed by atoms with Crippen LogP contribution in [0.2, 0.25) is 0 Å². The lowest BCUT2D eigenvalue weighted by molar-refractivity contribution is -0.137. The molecule has 6 heteroatoms. The average Bonchev–Trinajstić information content (AvgIpc) is 2.38. The van der Waals surface area contributed by atoms with Crippen LogP contribution in [0, 0.1) is 0 Å². The lowest BCUT2D eigenvalue weighted by atomic mass is 9.96. The number of nitrogens with two attached hydrogens (primary N) is 1. The summed E-state index contributed by atoms with van der Waals surface area (Å²) < 4.78 is 38.2. The van der Waals surface area contributed by atoms with Crippen molar-refractivity contribution in [2.24, 2.45) is 0 Å². The summed E-state index contributed by atoms with van der Waals surface area (Å²) in [5.41, 5.74) is 5.00. The molecule has 0 aliphatic heterocycles. The van der Waals surface area contributed by atoms with Gasteiger partial charge in [0.1, 0.15) is 0 Å². The topological polar surface area (TPSA) is 63.3 Å². The summed E-state index contributed by atoms with van der Waals surface area (Å²) in [6.07, 6.45) is -4.51. The number of carboxylic acid groups (broad SMARTS) is 1. The standard InChI is InChI=1S/C14H10F3NO2/c15-14(16,17)8-5-6-12(18)11(7-8)9-3-1-2-4-10(9)13(19)20/h1-7H,18H2,(H,19,20). The smallest absolute Gasteiger partial charge is 0.416 e. The Morgan fingerprint density at radius 1 is 1.05 bits per heavy atom. The zero-order valence-corrected chi connectivity index (χ0v) is 10.1. The first kappa shape index (κ1) is 13.9. The highest BCUT2D eigenvalue weighted by Crippen LogP contribution is 2.36. The number of halogens is 3. The van der Waals surface area contributed by atoms with Crippen LogP contribution in [0.1, 0.15) is 15.9 Å². The Balaban J connectivity index is 2.67. The molecule has 0 fully saturated rings. The molecule has 2 aromatic rings. The first-order valence-corrected chi connectivity index (χ1v) is 5.60. The second kappa shape index (κ2) is 4.88. The van der Waals surface area contributed by atoms with Gasteiger partial charge in [0.2, 0.25) is 0 Å². The number of rotatable bonds is 2. The molecule has 0 unspecified atom stereocenters. The van der Waals surface area contributed by atoms with Crippen LogP contribution in [-0.4, -0.2) is 11.1 Å². The Bertz CT molecular complexity index is 666. The van der Waals surface area contributed by atoms with E-state index >= 15 is 0 Å². The third kappa shape index (κ3) is 2.59. The molecule has 104 valence electrons. The van der Waals surface area contributed by atoms with Gasteiger partial charge in [0.15, 0.2) is 0 Å². The minimum atomic E-state index is -4.51. The van der Waals surface area contributed by atoms with Crippen LogP contribution in [0.4, 0.5) is 18.9 Å². The summed E-state index contributed by atoms with van der Waals surface area (Å²) in [5, 5.41) is 9.08. The van der Waals surface area contributed by atoms with E-state index in [-0.39, 0.29) is 22.4 Å². The molecule has 2 aromatic carbocycles. The zero-order valence-electron chi connectivity index (χ0n) is 10.1. The number of alkyl halides is 3. The number of hydrogen-bond donors (Lipinski definition) is 2. The predicted octanol–water partition coefficient (Wildman–Crippen LogP) is 3.65. The lowest BCUT2D eigenvalue weighted by Gasteiger charge is -2.13. The normalized spacial score (nSPS) is 11.3. The highest BCUT2D eigenvalue weighted by atomic mass is 19.4. The number of hydrogen-bond acceptors (Lipinski definition) is 2. The molecule has 20 heavy (non-hydrogen) atoms. The van der Waals surface area contributed by atoms with Crippen LogP contribution < -0.4 is 5.73 Å². The number of carbonyl (C=O) groups is 1. The van der Waals surface area contributed by atoms with E-state index in [0.717, 1.165) is 18.2 Å². The van der Waals surface area contributed by atoms with Crippen molar-refractivity contribution in [3.05, 3.63) is 53.6 Å². The molecule has 0 atom stereocenters. The van der Waals surface area contributed by atoms with Gasteiger partial charge in [-0.1, -0.05) is 18.2 Å². The number of anilines is 1. The molecule has 3 nitrogen and oxygen atoms in total. The zero-order chi connectivity index (χ0) is 14.9. The summed E-state index contributed by atoms with van der Waals surface area (Å²) in [7, 11) is 0. The van der Waals surface area contributed by atoms with Crippen molar-refractivity contribution < 1.29 is 23.1 Å².